The molecule has 88 valence electrons. The third-order valence-electron chi connectivity index (χ3n) is 2.75. The second-order valence-electron chi connectivity index (χ2n) is 3.96. The van der Waals surface area contributed by atoms with Gasteiger partial charge in [0.2, 0.25) is 0 Å². The number of aliphatic hydroxyl groups is 1. The number of hydrogen-bond donors (Lipinski definition) is 2. The molecule has 0 amide bonds. The third kappa shape index (κ3) is 2.96. The van der Waals surface area contributed by atoms with Crippen LogP contribution in [0.2, 0.25) is 0 Å². The highest BCUT2D eigenvalue weighted by atomic mass is 32.1. The molecule has 1 aliphatic rings. The minimum atomic E-state index is -0.163. The number of piperidine rings is 1. The first-order chi connectivity index (χ1) is 7.75. The Morgan fingerprint density at radius 3 is 2.94 bits per heavy atom. The number of furan rings is 1. The van der Waals surface area contributed by atoms with Crippen LogP contribution in [-0.4, -0.2) is 34.3 Å². The van der Waals surface area contributed by atoms with Crippen molar-refractivity contribution in [1.29, 1.82) is 0 Å². The lowest BCUT2D eigenvalue weighted by molar-refractivity contribution is 0.109. The van der Waals surface area contributed by atoms with Gasteiger partial charge >= 0.3 is 0 Å². The van der Waals surface area contributed by atoms with Crippen LogP contribution >= 0.6 is 12.2 Å². The molecule has 2 N–H and O–H groups in total. The maximum absolute atomic E-state index is 9.38. The van der Waals surface area contributed by atoms with Gasteiger partial charge in [0.25, 0.3) is 0 Å². The Kier molecular flexibility index (Phi) is 3.79. The van der Waals surface area contributed by atoms with Crippen LogP contribution in [0.5, 0.6) is 0 Å². The van der Waals surface area contributed by atoms with E-state index >= 15 is 0 Å². The van der Waals surface area contributed by atoms with E-state index in [0.717, 1.165) is 36.8 Å². The molecule has 0 spiro atoms. The van der Waals surface area contributed by atoms with E-state index in [9.17, 15) is 5.11 Å². The summed E-state index contributed by atoms with van der Waals surface area (Å²) in [6.45, 7) is 2.27. The SMILES string of the molecule is OC1CCN(C(=S)NCc2ccco2)CC1. The molecule has 0 bridgehead atoms. The average molecular weight is 240 g/mol. The maximum atomic E-state index is 9.38. The number of nitrogens with one attached hydrogen (secondary N) is 1. The van der Waals surface area contributed by atoms with Gasteiger partial charge in [0.1, 0.15) is 5.76 Å². The Morgan fingerprint density at radius 2 is 2.31 bits per heavy atom. The van der Waals surface area contributed by atoms with Gasteiger partial charge < -0.3 is 19.7 Å². The lowest BCUT2D eigenvalue weighted by Crippen LogP contribution is -2.45. The van der Waals surface area contributed by atoms with E-state index in [1.165, 1.54) is 0 Å². The molecule has 2 heterocycles. The minimum absolute atomic E-state index is 0.163. The summed E-state index contributed by atoms with van der Waals surface area (Å²) >= 11 is 5.28. The highest BCUT2D eigenvalue weighted by Crippen LogP contribution is 2.10. The molecule has 1 saturated heterocycles. The largest absolute Gasteiger partial charge is 0.467 e. The molecule has 5 heteroatoms. The van der Waals surface area contributed by atoms with Crippen LogP contribution in [0, 0.1) is 0 Å². The fourth-order valence-electron chi connectivity index (χ4n) is 1.76. The van der Waals surface area contributed by atoms with Gasteiger partial charge in [-0.05, 0) is 37.2 Å². The fraction of sp³-hybridized carbons (Fsp3) is 0.545. The van der Waals surface area contributed by atoms with Crippen molar-refractivity contribution in [1.82, 2.24) is 10.2 Å². The molecule has 0 aromatic carbocycles. The second kappa shape index (κ2) is 5.32. The topological polar surface area (TPSA) is 48.6 Å². The predicted octanol–water partition coefficient (Wildman–Crippen LogP) is 1.11. The molecular weight excluding hydrogens is 224 g/mol. The van der Waals surface area contributed by atoms with Gasteiger partial charge in [0.05, 0.1) is 18.9 Å². The number of thiocarbonyl (C=S) groups is 1. The summed E-state index contributed by atoms with van der Waals surface area (Å²) in [5.41, 5.74) is 0. The quantitative estimate of drug-likeness (QED) is 0.758. The summed E-state index contributed by atoms with van der Waals surface area (Å²) in [5.74, 6) is 0.874. The van der Waals surface area contributed by atoms with Crippen LogP contribution in [0.25, 0.3) is 0 Å². The number of rotatable bonds is 2. The highest BCUT2D eigenvalue weighted by Gasteiger charge is 2.18. The Bertz CT molecular complexity index is 332. The van der Waals surface area contributed by atoms with Crippen LogP contribution in [0.3, 0.4) is 0 Å². The van der Waals surface area contributed by atoms with Crippen molar-refractivity contribution in [3.63, 3.8) is 0 Å². The monoisotopic (exact) mass is 240 g/mol. The van der Waals surface area contributed by atoms with E-state index in [2.05, 4.69) is 10.2 Å². The van der Waals surface area contributed by atoms with Crippen molar-refractivity contribution in [2.45, 2.75) is 25.5 Å². The number of hydrogen-bond acceptors (Lipinski definition) is 3. The van der Waals surface area contributed by atoms with Gasteiger partial charge in [-0.3, -0.25) is 0 Å². The molecule has 4 nitrogen and oxygen atoms in total. The predicted molar refractivity (Wildman–Crippen MR) is 65.0 cm³/mol. The molecule has 16 heavy (non-hydrogen) atoms. The molecule has 2 rings (SSSR count). The van der Waals surface area contributed by atoms with E-state index in [4.69, 9.17) is 16.6 Å². The molecule has 1 fully saturated rings. The van der Waals surface area contributed by atoms with Crippen molar-refractivity contribution in [3.05, 3.63) is 24.2 Å². The number of aliphatic hydroxyl groups excluding tert-OH is 1. The average Bonchev–Trinajstić information content (AvgIpc) is 2.80. The van der Waals surface area contributed by atoms with Gasteiger partial charge in [-0.1, -0.05) is 0 Å². The Labute approximate surface area is 100 Å². The molecule has 0 radical (unpaired) electrons. The summed E-state index contributed by atoms with van der Waals surface area (Å²) in [5, 5.41) is 13.3. The van der Waals surface area contributed by atoms with E-state index in [1.807, 2.05) is 12.1 Å². The lowest BCUT2D eigenvalue weighted by Gasteiger charge is -2.31. The van der Waals surface area contributed by atoms with Gasteiger partial charge in [-0.15, -0.1) is 0 Å². The molecule has 0 aliphatic carbocycles. The smallest absolute Gasteiger partial charge is 0.169 e. The summed E-state index contributed by atoms with van der Waals surface area (Å²) in [6, 6.07) is 3.77. The van der Waals surface area contributed by atoms with Crippen molar-refractivity contribution < 1.29 is 9.52 Å². The van der Waals surface area contributed by atoms with Gasteiger partial charge in [0.15, 0.2) is 5.11 Å². The van der Waals surface area contributed by atoms with Gasteiger partial charge in [0, 0.05) is 13.1 Å². The van der Waals surface area contributed by atoms with E-state index in [1.54, 1.807) is 6.26 Å². The van der Waals surface area contributed by atoms with Crippen molar-refractivity contribution in [2.24, 2.45) is 0 Å². The Hall–Kier alpha value is -1.07. The normalized spacial score (nSPS) is 17.4. The van der Waals surface area contributed by atoms with E-state index in [-0.39, 0.29) is 6.10 Å². The summed E-state index contributed by atoms with van der Waals surface area (Å²) < 4.78 is 5.21. The van der Waals surface area contributed by atoms with Gasteiger partial charge in [-0.25, -0.2) is 0 Å². The number of nitrogens with zero attached hydrogens (tertiary/aromatic N) is 1. The molecule has 1 aromatic heterocycles. The standard InChI is InChI=1S/C11H16N2O2S/c14-9-3-5-13(6-4-9)11(16)12-8-10-2-1-7-15-10/h1-2,7,9,14H,3-6,8H2,(H,12,16). The third-order valence-corrected chi connectivity index (χ3v) is 3.15. The molecule has 0 atom stereocenters. The van der Waals surface area contributed by atoms with Crippen LogP contribution in [0.15, 0.2) is 22.8 Å². The first-order valence-electron chi connectivity index (χ1n) is 5.49. The maximum Gasteiger partial charge on any atom is 0.169 e. The first-order valence-corrected chi connectivity index (χ1v) is 5.90. The Balaban J connectivity index is 1.75. The van der Waals surface area contributed by atoms with Crippen LogP contribution in [0.1, 0.15) is 18.6 Å². The molecule has 1 aromatic rings. The van der Waals surface area contributed by atoms with Crippen molar-refractivity contribution >= 4 is 17.3 Å². The number of likely N-dealkylation sites (tertiary alicyclic amines) is 1. The van der Waals surface area contributed by atoms with Gasteiger partial charge in [-0.2, -0.15) is 0 Å². The van der Waals surface area contributed by atoms with Crippen LogP contribution in [0.4, 0.5) is 0 Å². The zero-order valence-electron chi connectivity index (χ0n) is 9.06. The second-order valence-corrected chi connectivity index (χ2v) is 4.34. The van der Waals surface area contributed by atoms with E-state index < -0.39 is 0 Å². The summed E-state index contributed by atoms with van der Waals surface area (Å²) in [4.78, 5) is 2.09. The zero-order valence-corrected chi connectivity index (χ0v) is 9.87. The Morgan fingerprint density at radius 1 is 1.56 bits per heavy atom. The molecule has 1 aliphatic heterocycles. The molecular formula is C11H16N2O2S. The summed E-state index contributed by atoms with van der Waals surface area (Å²) in [6.07, 6.45) is 3.08. The lowest BCUT2D eigenvalue weighted by atomic mass is 10.1. The zero-order chi connectivity index (χ0) is 11.4. The summed E-state index contributed by atoms with van der Waals surface area (Å²) in [7, 11) is 0. The molecule has 0 saturated carbocycles. The van der Waals surface area contributed by atoms with Crippen LogP contribution < -0.4 is 5.32 Å². The highest BCUT2D eigenvalue weighted by molar-refractivity contribution is 7.80. The molecule has 0 unspecified atom stereocenters. The minimum Gasteiger partial charge on any atom is -0.467 e. The van der Waals surface area contributed by atoms with Crippen molar-refractivity contribution in [3.8, 4) is 0 Å². The first kappa shape index (κ1) is 11.4. The van der Waals surface area contributed by atoms with Crippen molar-refractivity contribution in [2.75, 3.05) is 13.1 Å². The van der Waals surface area contributed by atoms with E-state index in [0.29, 0.717) is 6.54 Å². The van der Waals surface area contributed by atoms with Crippen LogP contribution in [-0.2, 0) is 6.54 Å². The fourth-order valence-corrected chi connectivity index (χ4v) is 2.01.